The Balaban J connectivity index is 2.54. The SMILES string of the molecule is CCOC1CC(N)(C(=O)NCC(C)C(=O)OC(C)C)C1(C)C. The Morgan fingerprint density at radius 3 is 2.36 bits per heavy atom. The predicted octanol–water partition coefficient (Wildman–Crippen LogP) is 1.22. The van der Waals surface area contributed by atoms with E-state index in [1.54, 1.807) is 20.8 Å². The van der Waals surface area contributed by atoms with E-state index in [9.17, 15) is 9.59 Å². The first kappa shape index (κ1) is 18.9. The third-order valence-electron chi connectivity index (χ3n) is 4.56. The predicted molar refractivity (Wildman–Crippen MR) is 84.1 cm³/mol. The highest BCUT2D eigenvalue weighted by Gasteiger charge is 2.62. The number of hydrogen-bond acceptors (Lipinski definition) is 5. The number of nitrogens with two attached hydrogens (primary N) is 1. The monoisotopic (exact) mass is 314 g/mol. The van der Waals surface area contributed by atoms with Crippen LogP contribution in [0.3, 0.4) is 0 Å². The summed E-state index contributed by atoms with van der Waals surface area (Å²) in [6.07, 6.45) is 0.311. The summed E-state index contributed by atoms with van der Waals surface area (Å²) in [6, 6.07) is 0. The molecule has 0 heterocycles. The van der Waals surface area contributed by atoms with Gasteiger partial charge in [-0.2, -0.15) is 0 Å². The van der Waals surface area contributed by atoms with Gasteiger partial charge in [-0.05, 0) is 20.8 Å². The fraction of sp³-hybridized carbons (Fsp3) is 0.875. The molecule has 1 rings (SSSR count). The standard InChI is InChI=1S/C16H30N2O4/c1-7-21-12-8-16(17,15(12,5)6)14(20)18-9-11(4)13(19)22-10(2)3/h10-12H,7-9,17H2,1-6H3,(H,18,20). The zero-order valence-corrected chi connectivity index (χ0v) is 14.6. The number of nitrogens with one attached hydrogen (secondary N) is 1. The molecule has 0 saturated heterocycles. The average molecular weight is 314 g/mol. The Hall–Kier alpha value is -1.14. The molecule has 1 aliphatic rings. The molecule has 0 radical (unpaired) electrons. The van der Waals surface area contributed by atoms with Gasteiger partial charge in [-0.1, -0.05) is 20.8 Å². The van der Waals surface area contributed by atoms with Crippen molar-refractivity contribution in [3.8, 4) is 0 Å². The van der Waals surface area contributed by atoms with Gasteiger partial charge < -0.3 is 20.5 Å². The third kappa shape index (κ3) is 3.60. The molecule has 0 aromatic heterocycles. The van der Waals surface area contributed by atoms with Gasteiger partial charge in [0.05, 0.1) is 18.1 Å². The first-order valence-electron chi connectivity index (χ1n) is 7.95. The van der Waals surface area contributed by atoms with Crippen LogP contribution in [-0.4, -0.2) is 42.8 Å². The summed E-state index contributed by atoms with van der Waals surface area (Å²) in [5.74, 6) is -0.958. The van der Waals surface area contributed by atoms with Crippen molar-refractivity contribution in [2.75, 3.05) is 13.2 Å². The van der Waals surface area contributed by atoms with Crippen molar-refractivity contribution < 1.29 is 19.1 Å². The van der Waals surface area contributed by atoms with E-state index in [0.717, 1.165) is 0 Å². The Bertz CT molecular complexity index is 422. The van der Waals surface area contributed by atoms with Crippen LogP contribution in [0.15, 0.2) is 0 Å². The summed E-state index contributed by atoms with van der Waals surface area (Å²) in [6.45, 7) is 11.9. The van der Waals surface area contributed by atoms with E-state index in [1.807, 2.05) is 20.8 Å². The molecule has 6 heteroatoms. The summed E-state index contributed by atoms with van der Waals surface area (Å²) in [4.78, 5) is 24.2. The number of hydrogen-bond donors (Lipinski definition) is 2. The minimum Gasteiger partial charge on any atom is -0.463 e. The lowest BCUT2D eigenvalue weighted by molar-refractivity contribution is -0.171. The smallest absolute Gasteiger partial charge is 0.310 e. The van der Waals surface area contributed by atoms with E-state index in [-0.39, 0.29) is 30.6 Å². The van der Waals surface area contributed by atoms with Crippen LogP contribution < -0.4 is 11.1 Å². The van der Waals surface area contributed by atoms with Gasteiger partial charge in [-0.25, -0.2) is 0 Å². The molecule has 1 saturated carbocycles. The van der Waals surface area contributed by atoms with Crippen molar-refractivity contribution in [2.45, 2.75) is 65.7 Å². The Morgan fingerprint density at radius 2 is 1.91 bits per heavy atom. The van der Waals surface area contributed by atoms with Gasteiger partial charge in [0.25, 0.3) is 0 Å². The maximum Gasteiger partial charge on any atom is 0.310 e. The zero-order valence-electron chi connectivity index (χ0n) is 14.6. The van der Waals surface area contributed by atoms with Crippen molar-refractivity contribution in [1.29, 1.82) is 0 Å². The number of carbonyl (C=O) groups excluding carboxylic acids is 2. The van der Waals surface area contributed by atoms with Crippen LogP contribution >= 0.6 is 0 Å². The van der Waals surface area contributed by atoms with Gasteiger partial charge in [-0.15, -0.1) is 0 Å². The van der Waals surface area contributed by atoms with E-state index in [0.29, 0.717) is 13.0 Å². The lowest BCUT2D eigenvalue weighted by Crippen LogP contribution is -2.75. The second-order valence-corrected chi connectivity index (χ2v) is 6.94. The molecule has 128 valence electrons. The molecule has 3 unspecified atom stereocenters. The molecular formula is C16H30N2O4. The van der Waals surface area contributed by atoms with E-state index in [1.165, 1.54) is 0 Å². The van der Waals surface area contributed by atoms with Crippen LogP contribution in [0.5, 0.6) is 0 Å². The van der Waals surface area contributed by atoms with E-state index < -0.39 is 16.9 Å². The summed E-state index contributed by atoms with van der Waals surface area (Å²) < 4.78 is 10.7. The van der Waals surface area contributed by atoms with E-state index in [2.05, 4.69) is 5.32 Å². The first-order chi connectivity index (χ1) is 10.1. The largest absolute Gasteiger partial charge is 0.463 e. The maximum atomic E-state index is 12.4. The summed E-state index contributed by atoms with van der Waals surface area (Å²) in [7, 11) is 0. The minimum atomic E-state index is -0.964. The molecule has 0 aromatic rings. The molecule has 0 aromatic carbocycles. The topological polar surface area (TPSA) is 90.6 Å². The Morgan fingerprint density at radius 1 is 1.32 bits per heavy atom. The molecule has 6 nitrogen and oxygen atoms in total. The number of carbonyl (C=O) groups is 2. The zero-order chi connectivity index (χ0) is 17.1. The lowest BCUT2D eigenvalue weighted by atomic mass is 9.54. The van der Waals surface area contributed by atoms with Crippen LogP contribution in [-0.2, 0) is 19.1 Å². The number of amides is 1. The van der Waals surface area contributed by atoms with Gasteiger partial charge in [0, 0.05) is 25.0 Å². The number of ether oxygens (including phenoxy) is 2. The Kier molecular flexibility index (Phi) is 5.98. The third-order valence-corrected chi connectivity index (χ3v) is 4.56. The molecule has 1 fully saturated rings. The molecular weight excluding hydrogens is 284 g/mol. The van der Waals surface area contributed by atoms with Crippen LogP contribution in [0.1, 0.15) is 48.0 Å². The molecule has 3 N–H and O–H groups in total. The molecule has 3 atom stereocenters. The molecule has 0 aliphatic heterocycles. The normalized spacial score (nSPS) is 27.9. The van der Waals surface area contributed by atoms with Crippen LogP contribution in [0.25, 0.3) is 0 Å². The molecule has 22 heavy (non-hydrogen) atoms. The van der Waals surface area contributed by atoms with Gasteiger partial charge >= 0.3 is 5.97 Å². The lowest BCUT2D eigenvalue weighted by Gasteiger charge is -2.57. The van der Waals surface area contributed by atoms with Crippen LogP contribution in [0, 0.1) is 11.3 Å². The fourth-order valence-corrected chi connectivity index (χ4v) is 2.66. The molecule has 0 bridgehead atoms. The second kappa shape index (κ2) is 6.96. The Labute approximate surface area is 133 Å². The fourth-order valence-electron chi connectivity index (χ4n) is 2.66. The van der Waals surface area contributed by atoms with Gasteiger partial charge in [-0.3, -0.25) is 9.59 Å². The van der Waals surface area contributed by atoms with Crippen molar-refractivity contribution in [2.24, 2.45) is 17.1 Å². The molecule has 1 aliphatic carbocycles. The molecule has 1 amide bonds. The second-order valence-electron chi connectivity index (χ2n) is 6.94. The maximum absolute atomic E-state index is 12.4. The van der Waals surface area contributed by atoms with Crippen molar-refractivity contribution in [3.05, 3.63) is 0 Å². The van der Waals surface area contributed by atoms with E-state index >= 15 is 0 Å². The van der Waals surface area contributed by atoms with Crippen LogP contribution in [0.2, 0.25) is 0 Å². The van der Waals surface area contributed by atoms with Gasteiger partial charge in [0.2, 0.25) is 5.91 Å². The minimum absolute atomic E-state index is 0.0171. The van der Waals surface area contributed by atoms with E-state index in [4.69, 9.17) is 15.2 Å². The highest BCUT2D eigenvalue weighted by atomic mass is 16.5. The van der Waals surface area contributed by atoms with Crippen LogP contribution in [0.4, 0.5) is 0 Å². The molecule has 0 spiro atoms. The number of esters is 1. The number of rotatable bonds is 7. The summed E-state index contributed by atoms with van der Waals surface area (Å²) in [5.41, 5.74) is 4.88. The summed E-state index contributed by atoms with van der Waals surface area (Å²) in [5, 5.41) is 2.78. The van der Waals surface area contributed by atoms with Crippen molar-refractivity contribution in [3.63, 3.8) is 0 Å². The quantitative estimate of drug-likeness (QED) is 0.690. The highest BCUT2D eigenvalue weighted by molar-refractivity contribution is 5.89. The van der Waals surface area contributed by atoms with Gasteiger partial charge in [0.1, 0.15) is 5.54 Å². The summed E-state index contributed by atoms with van der Waals surface area (Å²) >= 11 is 0. The van der Waals surface area contributed by atoms with Crippen molar-refractivity contribution >= 4 is 11.9 Å². The average Bonchev–Trinajstić information content (AvgIpc) is 2.42. The van der Waals surface area contributed by atoms with Gasteiger partial charge in [0.15, 0.2) is 0 Å². The van der Waals surface area contributed by atoms with Crippen molar-refractivity contribution in [1.82, 2.24) is 5.32 Å². The first-order valence-corrected chi connectivity index (χ1v) is 7.95. The highest BCUT2D eigenvalue weighted by Crippen LogP contribution is 2.49.